The molecular weight excluding hydrogens is 398 g/mol. The van der Waals surface area contributed by atoms with Gasteiger partial charge in [-0.3, -0.25) is 9.36 Å². The fourth-order valence-electron chi connectivity index (χ4n) is 3.75. The number of aliphatic carboxylic acids is 1. The molecule has 2 aromatic heterocycles. The van der Waals surface area contributed by atoms with Gasteiger partial charge in [0.15, 0.2) is 23.5 Å². The summed E-state index contributed by atoms with van der Waals surface area (Å²) in [4.78, 5) is 23.2. The molecule has 158 valence electrons. The zero-order chi connectivity index (χ0) is 20.6. The van der Waals surface area contributed by atoms with Crippen molar-refractivity contribution in [1.29, 1.82) is 0 Å². The second kappa shape index (κ2) is 8.05. The van der Waals surface area contributed by atoms with E-state index in [0.717, 1.165) is 17.9 Å². The third-order valence-corrected chi connectivity index (χ3v) is 6.14. The number of anilines is 1. The first-order chi connectivity index (χ1) is 13.9. The average Bonchev–Trinajstić information content (AvgIpc) is 3.30. The van der Waals surface area contributed by atoms with Gasteiger partial charge < -0.3 is 25.1 Å². The van der Waals surface area contributed by atoms with E-state index in [1.54, 1.807) is 18.1 Å². The van der Waals surface area contributed by atoms with Crippen molar-refractivity contribution in [2.24, 2.45) is 0 Å². The minimum absolute atomic E-state index is 0.159. The molecule has 2 aliphatic heterocycles. The first kappa shape index (κ1) is 20.3. The van der Waals surface area contributed by atoms with E-state index < -0.39 is 18.0 Å². The highest BCUT2D eigenvalue weighted by Gasteiger charge is 2.55. The number of nitrogens with zero attached hydrogens (tertiary/aromatic N) is 4. The van der Waals surface area contributed by atoms with Crippen LogP contribution in [0.15, 0.2) is 12.7 Å². The Hall–Kier alpha value is -1.95. The fraction of sp³-hybridized carbons (Fsp3) is 0.667. The van der Waals surface area contributed by atoms with Crippen LogP contribution in [-0.2, 0) is 19.0 Å². The molecule has 2 saturated heterocycles. The van der Waals surface area contributed by atoms with Crippen LogP contribution >= 0.6 is 11.8 Å². The van der Waals surface area contributed by atoms with Gasteiger partial charge in [0.1, 0.15) is 24.1 Å². The van der Waals surface area contributed by atoms with E-state index in [-0.39, 0.29) is 24.7 Å². The second-order valence-electron chi connectivity index (χ2n) is 7.64. The van der Waals surface area contributed by atoms with Gasteiger partial charge in [-0.15, -0.1) is 0 Å². The van der Waals surface area contributed by atoms with Crippen LogP contribution < -0.4 is 5.73 Å². The first-order valence-corrected chi connectivity index (χ1v) is 10.7. The van der Waals surface area contributed by atoms with E-state index >= 15 is 0 Å². The number of nitrogens with two attached hydrogens (primary N) is 1. The number of nitrogen functional groups attached to an aromatic ring is 1. The van der Waals surface area contributed by atoms with E-state index in [4.69, 9.17) is 25.1 Å². The average molecular weight is 423 g/mol. The Morgan fingerprint density at radius 2 is 2.07 bits per heavy atom. The Labute approximate surface area is 172 Å². The van der Waals surface area contributed by atoms with E-state index in [0.29, 0.717) is 23.4 Å². The summed E-state index contributed by atoms with van der Waals surface area (Å²) in [6.07, 6.45) is 3.69. The molecule has 11 heteroatoms. The summed E-state index contributed by atoms with van der Waals surface area (Å²) in [5, 5.41) is 8.72. The van der Waals surface area contributed by atoms with Gasteiger partial charge in [-0.25, -0.2) is 15.0 Å². The number of carbonyl (C=O) groups is 1. The highest BCUT2D eigenvalue weighted by molar-refractivity contribution is 7.99. The van der Waals surface area contributed by atoms with Crippen LogP contribution in [0.5, 0.6) is 0 Å². The minimum Gasteiger partial charge on any atom is -0.481 e. The number of thioether (sulfide) groups is 1. The molecule has 0 bridgehead atoms. The Balaban J connectivity index is 1.46. The summed E-state index contributed by atoms with van der Waals surface area (Å²) in [6, 6.07) is 0. The maximum atomic E-state index is 10.6. The predicted molar refractivity (Wildman–Crippen MR) is 106 cm³/mol. The highest BCUT2D eigenvalue weighted by atomic mass is 32.2. The largest absolute Gasteiger partial charge is 0.481 e. The maximum absolute atomic E-state index is 10.6. The molecule has 4 rings (SSSR count). The smallest absolute Gasteiger partial charge is 0.303 e. The molecule has 2 fully saturated rings. The van der Waals surface area contributed by atoms with Gasteiger partial charge in [-0.05, 0) is 32.4 Å². The maximum Gasteiger partial charge on any atom is 0.303 e. The van der Waals surface area contributed by atoms with Crippen molar-refractivity contribution >= 4 is 34.7 Å². The summed E-state index contributed by atoms with van der Waals surface area (Å²) in [5.41, 5.74) is 7.03. The lowest BCUT2D eigenvalue weighted by atomic mass is 10.1. The molecule has 2 aromatic rings. The van der Waals surface area contributed by atoms with Crippen molar-refractivity contribution in [3.63, 3.8) is 0 Å². The molecular formula is C18H25N5O5S. The van der Waals surface area contributed by atoms with Crippen LogP contribution in [0.1, 0.15) is 39.3 Å². The third-order valence-electron chi connectivity index (χ3n) is 5.00. The molecule has 0 aromatic carbocycles. The van der Waals surface area contributed by atoms with Gasteiger partial charge >= 0.3 is 5.97 Å². The van der Waals surface area contributed by atoms with Gasteiger partial charge in [0.2, 0.25) is 0 Å². The second-order valence-corrected chi connectivity index (χ2v) is 8.79. The lowest BCUT2D eigenvalue weighted by molar-refractivity contribution is -0.193. The lowest BCUT2D eigenvalue weighted by Crippen LogP contribution is -2.31. The third kappa shape index (κ3) is 4.18. The summed E-state index contributed by atoms with van der Waals surface area (Å²) >= 11 is 1.73. The number of carboxylic acid groups (broad SMARTS) is 1. The van der Waals surface area contributed by atoms with Crippen molar-refractivity contribution in [1.82, 2.24) is 19.5 Å². The van der Waals surface area contributed by atoms with Gasteiger partial charge in [0.25, 0.3) is 0 Å². The van der Waals surface area contributed by atoms with Crippen LogP contribution in [0.25, 0.3) is 11.2 Å². The van der Waals surface area contributed by atoms with Gasteiger partial charge in [-0.1, -0.05) is 0 Å². The van der Waals surface area contributed by atoms with Crippen molar-refractivity contribution in [3.8, 4) is 0 Å². The molecule has 3 N–H and O–H groups in total. The first-order valence-electron chi connectivity index (χ1n) is 9.59. The van der Waals surface area contributed by atoms with Crippen LogP contribution in [0.4, 0.5) is 5.82 Å². The molecule has 29 heavy (non-hydrogen) atoms. The number of unbranched alkanes of at least 4 members (excludes halogenated alkanes) is 1. The number of hydrogen-bond donors (Lipinski definition) is 2. The molecule has 0 aliphatic carbocycles. The molecule has 4 atom stereocenters. The number of aromatic nitrogens is 4. The number of imidazole rings is 1. The number of hydrogen-bond acceptors (Lipinski definition) is 9. The zero-order valence-electron chi connectivity index (χ0n) is 16.4. The van der Waals surface area contributed by atoms with E-state index in [1.807, 2.05) is 18.4 Å². The standard InChI is InChI=1S/C18H25N5O5S/c1-18(2)27-13-10(7-29-6-4-3-5-11(24)25)26-17(14(13)28-18)23-9-22-12-15(19)20-8-21-16(12)23/h8-10,13-14,17H,3-7H2,1-2H3,(H,24,25)(H2,19,20,21)/t10-,13-,14-,17?/m1/s1. The lowest BCUT2D eigenvalue weighted by Gasteiger charge is -2.24. The number of ether oxygens (including phenoxy) is 3. The Kier molecular flexibility index (Phi) is 5.65. The molecule has 2 aliphatic rings. The van der Waals surface area contributed by atoms with E-state index in [1.165, 1.54) is 6.33 Å². The fourth-order valence-corrected chi connectivity index (χ4v) is 4.83. The van der Waals surface area contributed by atoms with E-state index in [9.17, 15) is 4.79 Å². The van der Waals surface area contributed by atoms with Crippen molar-refractivity contribution in [2.45, 2.75) is 63.4 Å². The van der Waals surface area contributed by atoms with Crippen LogP contribution in [0.3, 0.4) is 0 Å². The summed E-state index contributed by atoms with van der Waals surface area (Å²) in [7, 11) is 0. The molecule has 1 unspecified atom stereocenters. The SMILES string of the molecule is CC1(C)O[C@@H]2[C@@H](CSCCCCC(=O)O)OC(n3cnc4c(N)ncnc43)[C@@H]2O1. The molecule has 0 radical (unpaired) electrons. The van der Waals surface area contributed by atoms with Crippen LogP contribution in [0, 0.1) is 0 Å². The predicted octanol–water partition coefficient (Wildman–Crippen LogP) is 1.81. The number of rotatable bonds is 8. The highest BCUT2D eigenvalue weighted by Crippen LogP contribution is 2.44. The van der Waals surface area contributed by atoms with Crippen LogP contribution in [0.2, 0.25) is 0 Å². The monoisotopic (exact) mass is 423 g/mol. The summed E-state index contributed by atoms with van der Waals surface area (Å²) < 4.78 is 20.4. The summed E-state index contributed by atoms with van der Waals surface area (Å²) in [6.45, 7) is 3.79. The molecule has 0 saturated carbocycles. The van der Waals surface area contributed by atoms with Crippen molar-refractivity contribution in [2.75, 3.05) is 17.2 Å². The molecule has 0 spiro atoms. The van der Waals surface area contributed by atoms with E-state index in [2.05, 4.69) is 15.0 Å². The molecule has 0 amide bonds. The molecule has 4 heterocycles. The van der Waals surface area contributed by atoms with Crippen molar-refractivity contribution < 1.29 is 24.1 Å². The van der Waals surface area contributed by atoms with Gasteiger partial charge in [0.05, 0.1) is 12.4 Å². The Morgan fingerprint density at radius 1 is 1.28 bits per heavy atom. The number of carboxylic acids is 1. The van der Waals surface area contributed by atoms with Gasteiger partial charge in [0, 0.05) is 12.2 Å². The quantitative estimate of drug-likeness (QED) is 0.605. The number of fused-ring (bicyclic) bond motifs is 2. The topological polar surface area (TPSA) is 135 Å². The summed E-state index contributed by atoms with van der Waals surface area (Å²) in [5.74, 6) is 0.466. The van der Waals surface area contributed by atoms with Crippen LogP contribution in [-0.4, -0.2) is 66.2 Å². The molecule has 10 nitrogen and oxygen atoms in total. The minimum atomic E-state index is -0.754. The Bertz CT molecular complexity index is 891. The zero-order valence-corrected chi connectivity index (χ0v) is 17.2. The van der Waals surface area contributed by atoms with Crippen molar-refractivity contribution in [3.05, 3.63) is 12.7 Å². The normalized spacial score (nSPS) is 28.1. The van der Waals surface area contributed by atoms with Gasteiger partial charge in [-0.2, -0.15) is 11.8 Å². The Morgan fingerprint density at radius 3 is 2.86 bits per heavy atom.